The van der Waals surface area contributed by atoms with Gasteiger partial charge in [0.15, 0.2) is 9.84 Å². The third kappa shape index (κ3) is 7.16. The first-order valence-electron chi connectivity index (χ1n) is 14.2. The van der Waals surface area contributed by atoms with Crippen LogP contribution in [0.3, 0.4) is 0 Å². The number of benzene rings is 3. The molecule has 3 aromatic carbocycles. The number of amides is 2. The van der Waals surface area contributed by atoms with Crippen molar-refractivity contribution in [3.8, 4) is 0 Å². The third-order valence-electron chi connectivity index (χ3n) is 8.09. The maximum atomic E-state index is 14.3. The quantitative estimate of drug-likeness (QED) is 0.329. The van der Waals surface area contributed by atoms with Crippen molar-refractivity contribution in [3.63, 3.8) is 0 Å². The highest BCUT2D eigenvalue weighted by atomic mass is 35.5. The van der Waals surface area contributed by atoms with E-state index in [1.54, 1.807) is 65.6 Å². The molecule has 44 heavy (non-hydrogen) atoms. The van der Waals surface area contributed by atoms with Crippen molar-refractivity contribution < 1.29 is 31.3 Å². The van der Waals surface area contributed by atoms with E-state index in [1.807, 2.05) is 0 Å². The molecule has 0 aromatic heterocycles. The Morgan fingerprint density at radius 3 is 2.25 bits per heavy atom. The van der Waals surface area contributed by atoms with Crippen molar-refractivity contribution in [1.29, 1.82) is 0 Å². The van der Waals surface area contributed by atoms with Crippen LogP contribution in [0.25, 0.3) is 0 Å². The second-order valence-corrected chi connectivity index (χ2v) is 15.5. The summed E-state index contributed by atoms with van der Waals surface area (Å²) in [4.78, 5) is 35.8. The molecule has 0 radical (unpaired) electrons. The molecule has 2 N–H and O–H groups in total. The highest BCUT2D eigenvalue weighted by Gasteiger charge is 2.49. The van der Waals surface area contributed by atoms with Crippen LogP contribution < -0.4 is 10.2 Å². The molecule has 1 saturated carbocycles. The number of halogens is 1. The summed E-state index contributed by atoms with van der Waals surface area (Å²) in [5.74, 6) is -1.69. The number of carbonyl (C=O) groups is 2. The van der Waals surface area contributed by atoms with Crippen LogP contribution in [0.5, 0.6) is 0 Å². The van der Waals surface area contributed by atoms with Crippen LogP contribution >= 0.6 is 11.6 Å². The fourth-order valence-corrected chi connectivity index (χ4v) is 7.74. The molecule has 4 atom stereocenters. The lowest BCUT2D eigenvalue weighted by atomic mass is 9.76. The topological polar surface area (TPSA) is 139 Å². The number of hydroxylamine groups is 1. The van der Waals surface area contributed by atoms with Gasteiger partial charge in [-0.05, 0) is 59.9 Å². The predicted octanol–water partition coefficient (Wildman–Crippen LogP) is 4.13. The van der Waals surface area contributed by atoms with Gasteiger partial charge in [0.1, 0.15) is 0 Å². The van der Waals surface area contributed by atoms with E-state index in [0.717, 1.165) is 25.4 Å². The number of nitrogens with zero attached hydrogens (tertiary/aromatic N) is 1. The van der Waals surface area contributed by atoms with Gasteiger partial charge in [-0.1, -0.05) is 66.9 Å². The number of hydrogen-bond donors (Lipinski definition) is 2. The lowest BCUT2D eigenvalue weighted by molar-refractivity contribution is -0.138. The van der Waals surface area contributed by atoms with Crippen molar-refractivity contribution in [2.24, 2.45) is 0 Å². The Hall–Kier alpha value is -3.29. The van der Waals surface area contributed by atoms with E-state index in [1.165, 1.54) is 12.1 Å². The molecule has 2 aliphatic rings. The normalized spacial score (nSPS) is 22.3. The number of sulfone groups is 1. The van der Waals surface area contributed by atoms with Gasteiger partial charge in [0.2, 0.25) is 10.0 Å². The number of hydrogen-bond acceptors (Lipinski definition) is 7. The van der Waals surface area contributed by atoms with E-state index in [4.69, 9.17) is 16.4 Å². The lowest BCUT2D eigenvalue weighted by Gasteiger charge is -2.49. The van der Waals surface area contributed by atoms with E-state index in [2.05, 4.69) is 10.2 Å². The van der Waals surface area contributed by atoms with E-state index in [9.17, 15) is 26.4 Å². The minimum absolute atomic E-state index is 0.0264. The molecule has 1 aliphatic carbocycles. The lowest BCUT2D eigenvalue weighted by Crippen LogP contribution is -2.59. The van der Waals surface area contributed by atoms with Gasteiger partial charge in [-0.2, -0.15) is 0 Å². The zero-order valence-electron chi connectivity index (χ0n) is 24.3. The summed E-state index contributed by atoms with van der Waals surface area (Å²) in [6.45, 7) is -0.0264. The summed E-state index contributed by atoms with van der Waals surface area (Å²) in [5.41, 5.74) is 4.74. The molecule has 3 aromatic rings. The molecule has 2 amide bonds. The fraction of sp³-hybridized carbons (Fsp3) is 0.355. The first kappa shape index (κ1) is 32.1. The van der Waals surface area contributed by atoms with E-state index < -0.39 is 49.8 Å². The number of rotatable bonds is 9. The van der Waals surface area contributed by atoms with Crippen LogP contribution in [0.4, 0.5) is 0 Å². The largest absolute Gasteiger partial charge is 0.326 e. The van der Waals surface area contributed by atoms with Gasteiger partial charge in [0, 0.05) is 28.9 Å². The summed E-state index contributed by atoms with van der Waals surface area (Å²) in [5, 5.41) is 0.489. The molecule has 234 valence electrons. The van der Waals surface area contributed by atoms with Crippen molar-refractivity contribution >= 4 is 43.3 Å². The SMILES string of the molecule is CS(=O)(=O)N[C@H]1CCCC[C@@H]1N1C(=O)c2ccccc2[C@@H](C(=O)NOCc2ccc(S(C)(=O)=O)cc2)[C@@H]1c1ccc(Cl)cc1. The van der Waals surface area contributed by atoms with Gasteiger partial charge >= 0.3 is 0 Å². The Kier molecular flexibility index (Phi) is 9.47. The van der Waals surface area contributed by atoms with Gasteiger partial charge in [0.25, 0.3) is 11.8 Å². The van der Waals surface area contributed by atoms with Crippen molar-refractivity contribution in [3.05, 3.63) is 100 Å². The molecule has 0 spiro atoms. The molecule has 1 heterocycles. The molecule has 0 saturated heterocycles. The van der Waals surface area contributed by atoms with Crippen molar-refractivity contribution in [2.45, 2.75) is 61.2 Å². The number of sulfonamides is 1. The monoisotopic (exact) mass is 659 g/mol. The van der Waals surface area contributed by atoms with Gasteiger partial charge < -0.3 is 4.90 Å². The summed E-state index contributed by atoms with van der Waals surface area (Å²) < 4.78 is 51.0. The molecule has 1 aliphatic heterocycles. The molecule has 0 bridgehead atoms. The second kappa shape index (κ2) is 13.0. The van der Waals surface area contributed by atoms with E-state index in [-0.39, 0.29) is 17.4 Å². The minimum Gasteiger partial charge on any atom is -0.326 e. The Morgan fingerprint density at radius 2 is 1.59 bits per heavy atom. The molecular weight excluding hydrogens is 626 g/mol. The standard InChI is InChI=1S/C31H34ClN3O7S2/c1-43(38,39)23-17-11-20(12-18-23)19-42-33-30(36)28-24-7-3-4-8-25(24)31(37)35(29(28)21-13-15-22(32)16-14-21)27-10-6-5-9-26(27)34-44(2,40)41/h3-4,7-8,11-18,26-29,34H,5-6,9-10,19H2,1-2H3,(H,33,36)/t26-,27-,28+,29-/m0/s1. The molecule has 13 heteroatoms. The van der Waals surface area contributed by atoms with Crippen LogP contribution in [-0.2, 0) is 36.1 Å². The Morgan fingerprint density at radius 1 is 0.932 bits per heavy atom. The fourth-order valence-electron chi connectivity index (χ4n) is 6.16. The molecule has 10 nitrogen and oxygen atoms in total. The maximum absolute atomic E-state index is 14.3. The Balaban J connectivity index is 1.51. The molecule has 1 fully saturated rings. The van der Waals surface area contributed by atoms with Crippen molar-refractivity contribution in [2.75, 3.05) is 12.5 Å². The highest BCUT2D eigenvalue weighted by molar-refractivity contribution is 7.90. The van der Waals surface area contributed by atoms with E-state index >= 15 is 0 Å². The first-order valence-corrected chi connectivity index (χ1v) is 18.3. The molecule has 0 unspecified atom stereocenters. The number of nitrogens with one attached hydrogen (secondary N) is 2. The number of carbonyl (C=O) groups excluding carboxylic acids is 2. The van der Waals surface area contributed by atoms with Crippen LogP contribution in [0.15, 0.2) is 77.7 Å². The van der Waals surface area contributed by atoms with Crippen molar-refractivity contribution in [1.82, 2.24) is 15.1 Å². The van der Waals surface area contributed by atoms with E-state index in [0.29, 0.717) is 40.1 Å². The third-order valence-corrected chi connectivity index (χ3v) is 10.2. The summed E-state index contributed by atoms with van der Waals surface area (Å²) in [6.07, 6.45) is 4.93. The zero-order valence-corrected chi connectivity index (χ0v) is 26.7. The number of fused-ring (bicyclic) bond motifs is 1. The maximum Gasteiger partial charge on any atom is 0.255 e. The summed E-state index contributed by atoms with van der Waals surface area (Å²) >= 11 is 6.21. The average Bonchev–Trinajstić information content (AvgIpc) is 2.97. The Bertz CT molecular complexity index is 1750. The molecule has 5 rings (SSSR count). The first-order chi connectivity index (χ1) is 20.8. The average molecular weight is 660 g/mol. The highest BCUT2D eigenvalue weighted by Crippen LogP contribution is 2.46. The zero-order chi connectivity index (χ0) is 31.6. The minimum atomic E-state index is -3.58. The van der Waals surface area contributed by atoms with Crippen LogP contribution in [0.1, 0.15) is 64.7 Å². The smallest absolute Gasteiger partial charge is 0.255 e. The predicted molar refractivity (Wildman–Crippen MR) is 166 cm³/mol. The van der Waals surface area contributed by atoms with Crippen LogP contribution in [0.2, 0.25) is 5.02 Å². The summed E-state index contributed by atoms with van der Waals surface area (Å²) in [6, 6.07) is 18.2. The van der Waals surface area contributed by atoms with Gasteiger partial charge in [-0.25, -0.2) is 27.0 Å². The second-order valence-electron chi connectivity index (χ2n) is 11.3. The summed E-state index contributed by atoms with van der Waals surface area (Å²) in [7, 11) is -6.93. The molecular formula is C31H34ClN3O7S2. The van der Waals surface area contributed by atoms with Gasteiger partial charge in [0.05, 0.1) is 29.7 Å². The van der Waals surface area contributed by atoms with Crippen LogP contribution in [0, 0.1) is 0 Å². The van der Waals surface area contributed by atoms with Gasteiger partial charge in [-0.15, -0.1) is 0 Å². The Labute approximate surface area is 262 Å². The van der Waals surface area contributed by atoms with Crippen LogP contribution in [-0.4, -0.2) is 58.1 Å². The van der Waals surface area contributed by atoms with Gasteiger partial charge in [-0.3, -0.25) is 14.4 Å².